The smallest absolute Gasteiger partial charge is 0.476 e. The van der Waals surface area contributed by atoms with Crippen molar-refractivity contribution in [3.05, 3.63) is 65.1 Å². The second-order valence-corrected chi connectivity index (χ2v) is 10.2. The van der Waals surface area contributed by atoms with Crippen molar-refractivity contribution in [1.29, 1.82) is 5.26 Å². The van der Waals surface area contributed by atoms with Gasteiger partial charge >= 0.3 is 12.1 Å². The molecule has 252 valence electrons. The van der Waals surface area contributed by atoms with E-state index in [4.69, 9.17) is 19.9 Å². The van der Waals surface area contributed by atoms with Crippen molar-refractivity contribution in [3.8, 4) is 23.1 Å². The topological polar surface area (TPSA) is 162 Å². The molecule has 2 amide bonds. The third-order valence-corrected chi connectivity index (χ3v) is 6.92. The van der Waals surface area contributed by atoms with Crippen LogP contribution < -0.4 is 20.7 Å². The van der Waals surface area contributed by atoms with Crippen LogP contribution in [0.5, 0.6) is 5.75 Å². The number of nitrogens with one attached hydrogen (secondary N) is 3. The molecule has 0 bridgehead atoms. The Kier molecular flexibility index (Phi) is 12.8. The van der Waals surface area contributed by atoms with Crippen LogP contribution in [0.15, 0.2) is 36.5 Å². The van der Waals surface area contributed by atoms with Crippen LogP contribution in [0, 0.1) is 29.9 Å². The summed E-state index contributed by atoms with van der Waals surface area (Å²) in [5.74, 6) is -6.32. The van der Waals surface area contributed by atoms with Gasteiger partial charge in [-0.1, -0.05) is 0 Å². The number of aryl methyl sites for hydroxylation is 1. The number of ether oxygens (including phenoxy) is 1. The zero-order valence-corrected chi connectivity index (χ0v) is 25.4. The SMILES string of the molecule is Cc1cc(NC(=O)c2ncc(-c3ccc(OCC#N)c(F)c3F)n2C)ccc1C(=O)NCCCN1CCNCC1.O=C(O)C(F)(F)F. The first kappa shape index (κ1) is 36.4. The van der Waals surface area contributed by atoms with Crippen LogP contribution in [-0.4, -0.2) is 89.4 Å². The zero-order chi connectivity index (χ0) is 34.7. The fourth-order valence-electron chi connectivity index (χ4n) is 4.54. The standard InChI is InChI=1S/C28H31F2N7O3.C2HF3O2/c1-18-16-19(4-5-20(18)27(38)33-9-3-12-37-13-10-32-11-14-37)35-28(39)26-34-17-22(36(26)2)21-6-7-23(40-15-8-31)25(30)24(21)29;3-2(4,5)1(6)7/h4-7,16-17,32H,3,9-15H2,1-2H3,(H,33,38)(H,35,39);(H,6,7). The number of aliphatic carboxylic acids is 1. The molecule has 3 aromatic rings. The quantitative estimate of drug-likeness (QED) is 0.188. The van der Waals surface area contributed by atoms with Gasteiger partial charge in [-0.2, -0.15) is 22.8 Å². The van der Waals surface area contributed by atoms with Crippen molar-refractivity contribution < 1.29 is 46.2 Å². The summed E-state index contributed by atoms with van der Waals surface area (Å²) < 4.78 is 67.1. The first-order valence-corrected chi connectivity index (χ1v) is 14.2. The van der Waals surface area contributed by atoms with Crippen molar-refractivity contribution >= 4 is 23.5 Å². The number of carbonyl (C=O) groups is 3. The zero-order valence-electron chi connectivity index (χ0n) is 25.4. The largest absolute Gasteiger partial charge is 0.490 e. The van der Waals surface area contributed by atoms with E-state index in [-0.39, 0.29) is 28.7 Å². The second kappa shape index (κ2) is 16.5. The highest BCUT2D eigenvalue weighted by atomic mass is 19.4. The molecule has 0 saturated carbocycles. The number of benzene rings is 2. The van der Waals surface area contributed by atoms with E-state index < -0.39 is 36.3 Å². The fraction of sp³-hybridized carbons (Fsp3) is 0.367. The number of aromatic nitrogens is 2. The third kappa shape index (κ3) is 9.95. The number of nitrogens with zero attached hydrogens (tertiary/aromatic N) is 4. The molecule has 1 fully saturated rings. The molecule has 17 heteroatoms. The van der Waals surface area contributed by atoms with Gasteiger partial charge in [0.15, 0.2) is 24.0 Å². The summed E-state index contributed by atoms with van der Waals surface area (Å²) in [4.78, 5) is 41.0. The van der Waals surface area contributed by atoms with Crippen LogP contribution >= 0.6 is 0 Å². The van der Waals surface area contributed by atoms with Gasteiger partial charge in [-0.3, -0.25) is 9.59 Å². The summed E-state index contributed by atoms with van der Waals surface area (Å²) in [6.45, 7) is 6.88. The summed E-state index contributed by atoms with van der Waals surface area (Å²) in [7, 11) is 1.51. The van der Waals surface area contributed by atoms with E-state index >= 15 is 0 Å². The molecule has 1 aromatic heterocycles. The molecule has 12 nitrogen and oxygen atoms in total. The molecule has 0 aliphatic carbocycles. The number of alkyl halides is 3. The Balaban J connectivity index is 0.000000771. The molecular formula is C30H32F5N7O5. The highest BCUT2D eigenvalue weighted by molar-refractivity contribution is 6.03. The van der Waals surface area contributed by atoms with Crippen LogP contribution in [0.4, 0.5) is 27.6 Å². The maximum Gasteiger partial charge on any atom is 0.490 e. The minimum atomic E-state index is -5.08. The Labute approximate surface area is 266 Å². The number of carbonyl (C=O) groups excluding carboxylic acids is 2. The van der Waals surface area contributed by atoms with Crippen molar-refractivity contribution in [2.24, 2.45) is 7.05 Å². The molecule has 2 aromatic carbocycles. The maximum absolute atomic E-state index is 14.7. The van der Waals surface area contributed by atoms with E-state index in [9.17, 15) is 31.5 Å². The summed E-state index contributed by atoms with van der Waals surface area (Å²) in [6, 6.07) is 9.16. The highest BCUT2D eigenvalue weighted by Crippen LogP contribution is 2.30. The number of carboxylic acids is 1. The molecule has 0 spiro atoms. The normalized spacial score (nSPS) is 13.1. The molecule has 0 atom stereocenters. The number of halogens is 5. The van der Waals surface area contributed by atoms with Gasteiger partial charge in [0.05, 0.1) is 11.9 Å². The number of amides is 2. The molecule has 47 heavy (non-hydrogen) atoms. The van der Waals surface area contributed by atoms with Crippen LogP contribution in [0.3, 0.4) is 0 Å². The van der Waals surface area contributed by atoms with E-state index in [2.05, 4.69) is 25.8 Å². The number of imidazole rings is 1. The van der Waals surface area contributed by atoms with Crippen molar-refractivity contribution in [1.82, 2.24) is 25.1 Å². The summed E-state index contributed by atoms with van der Waals surface area (Å²) >= 11 is 0. The van der Waals surface area contributed by atoms with Gasteiger partial charge in [-0.25, -0.2) is 14.2 Å². The van der Waals surface area contributed by atoms with Crippen LogP contribution in [-0.2, 0) is 11.8 Å². The lowest BCUT2D eigenvalue weighted by molar-refractivity contribution is -0.192. The molecule has 4 N–H and O–H groups in total. The number of hydrogen-bond acceptors (Lipinski definition) is 8. The van der Waals surface area contributed by atoms with E-state index in [0.717, 1.165) is 39.1 Å². The van der Waals surface area contributed by atoms with Gasteiger partial charge in [0.1, 0.15) is 6.07 Å². The molecule has 1 aliphatic rings. The van der Waals surface area contributed by atoms with Crippen molar-refractivity contribution in [3.63, 3.8) is 0 Å². The Morgan fingerprint density at radius 1 is 1.11 bits per heavy atom. The molecule has 4 rings (SSSR count). The minimum absolute atomic E-state index is 0.0245. The monoisotopic (exact) mass is 665 g/mol. The van der Waals surface area contributed by atoms with Crippen LogP contribution in [0.1, 0.15) is 33.0 Å². The molecule has 0 unspecified atom stereocenters. The average molecular weight is 666 g/mol. The van der Waals surface area contributed by atoms with Gasteiger partial charge in [0.25, 0.3) is 11.8 Å². The highest BCUT2D eigenvalue weighted by Gasteiger charge is 2.38. The van der Waals surface area contributed by atoms with Crippen molar-refractivity contribution in [2.45, 2.75) is 19.5 Å². The summed E-state index contributed by atoms with van der Waals surface area (Å²) in [5.41, 5.74) is 1.72. The molecule has 0 radical (unpaired) electrons. The second-order valence-electron chi connectivity index (χ2n) is 10.2. The van der Waals surface area contributed by atoms with Crippen LogP contribution in [0.25, 0.3) is 11.3 Å². The molecule has 2 heterocycles. The number of nitriles is 1. The first-order chi connectivity index (χ1) is 22.2. The Bertz CT molecular complexity index is 1630. The fourth-order valence-corrected chi connectivity index (χ4v) is 4.54. The van der Waals surface area contributed by atoms with Crippen molar-refractivity contribution in [2.75, 3.05) is 51.2 Å². The first-order valence-electron chi connectivity index (χ1n) is 14.2. The average Bonchev–Trinajstić information content (AvgIpc) is 3.41. The summed E-state index contributed by atoms with van der Waals surface area (Å²) in [5, 5.41) is 24.7. The van der Waals surface area contributed by atoms with E-state index in [1.165, 1.54) is 29.9 Å². The Morgan fingerprint density at radius 2 is 1.79 bits per heavy atom. The Hall–Kier alpha value is -5.08. The number of carboxylic acid groups (broad SMARTS) is 1. The van der Waals surface area contributed by atoms with Gasteiger partial charge in [-0.15, -0.1) is 0 Å². The maximum atomic E-state index is 14.7. The number of rotatable bonds is 10. The lowest BCUT2D eigenvalue weighted by Gasteiger charge is -2.27. The van der Waals surface area contributed by atoms with Crippen LogP contribution in [0.2, 0.25) is 0 Å². The number of anilines is 1. The van der Waals surface area contributed by atoms with Gasteiger partial charge in [-0.05, 0) is 55.8 Å². The van der Waals surface area contributed by atoms with Gasteiger partial charge in [0, 0.05) is 56.6 Å². The lowest BCUT2D eigenvalue weighted by atomic mass is 10.1. The Morgan fingerprint density at radius 3 is 2.40 bits per heavy atom. The van der Waals surface area contributed by atoms with Gasteiger partial charge in [0.2, 0.25) is 5.82 Å². The summed E-state index contributed by atoms with van der Waals surface area (Å²) in [6.07, 6.45) is -2.95. The molecule has 1 saturated heterocycles. The predicted octanol–water partition coefficient (Wildman–Crippen LogP) is 3.49. The van der Waals surface area contributed by atoms with E-state index in [0.29, 0.717) is 23.4 Å². The number of hydrogen-bond donors (Lipinski definition) is 4. The minimum Gasteiger partial charge on any atom is -0.476 e. The lowest BCUT2D eigenvalue weighted by Crippen LogP contribution is -2.44. The van der Waals surface area contributed by atoms with E-state index in [1.807, 2.05) is 0 Å². The van der Waals surface area contributed by atoms with E-state index in [1.54, 1.807) is 31.2 Å². The third-order valence-electron chi connectivity index (χ3n) is 6.92. The molecule has 1 aliphatic heterocycles. The number of piperazine rings is 1. The van der Waals surface area contributed by atoms with Gasteiger partial charge < -0.3 is 35.3 Å². The predicted molar refractivity (Wildman–Crippen MR) is 159 cm³/mol. The molecular weight excluding hydrogens is 633 g/mol.